The highest BCUT2D eigenvalue weighted by molar-refractivity contribution is 7.26. The largest absolute Gasteiger partial charge is 0.394 e. The normalized spacial score (nSPS) is 16.0. The zero-order valence-electron chi connectivity index (χ0n) is 13.6. The molecule has 0 amide bonds. The third-order valence-electron chi connectivity index (χ3n) is 4.66. The predicted octanol–water partition coefficient (Wildman–Crippen LogP) is 3.61. The van der Waals surface area contributed by atoms with E-state index in [4.69, 9.17) is 10.1 Å². The Morgan fingerprint density at radius 2 is 2.13 bits per heavy atom. The van der Waals surface area contributed by atoms with Gasteiger partial charge in [0.15, 0.2) is 5.82 Å². The van der Waals surface area contributed by atoms with Gasteiger partial charge in [0.2, 0.25) is 0 Å². The number of fused-ring (bicyclic) bond motifs is 3. The molecule has 3 aromatic heterocycles. The molecule has 1 saturated carbocycles. The summed E-state index contributed by atoms with van der Waals surface area (Å²) in [5, 5.41) is 19.0. The van der Waals surface area contributed by atoms with E-state index < -0.39 is 0 Å². The maximum absolute atomic E-state index is 9.40. The maximum Gasteiger partial charge on any atom is 0.166 e. The Morgan fingerprint density at radius 3 is 2.87 bits per heavy atom. The number of aromatic nitrogens is 3. The standard InChI is InChI=1S/C17H22N4OS/c1-10-9-11(2)18-17-13(10)14-15(23-17)16(20-21(14)7-8-22)19-12-5-3-4-6-12/h9,12,22H,3-8H2,1-2H3,(H,19,20). The lowest BCUT2D eigenvalue weighted by atomic mass is 10.1. The number of pyridine rings is 1. The van der Waals surface area contributed by atoms with Crippen molar-refractivity contribution in [3.05, 3.63) is 17.3 Å². The summed E-state index contributed by atoms with van der Waals surface area (Å²) in [6, 6.07) is 2.64. The fraction of sp³-hybridized carbons (Fsp3) is 0.529. The van der Waals surface area contributed by atoms with Crippen LogP contribution >= 0.6 is 11.3 Å². The monoisotopic (exact) mass is 330 g/mol. The van der Waals surface area contributed by atoms with Gasteiger partial charge in [-0.3, -0.25) is 4.68 Å². The van der Waals surface area contributed by atoms with Crippen LogP contribution in [0.25, 0.3) is 20.4 Å². The van der Waals surface area contributed by atoms with Gasteiger partial charge in [0.1, 0.15) is 4.83 Å². The Bertz CT molecular complexity index is 861. The molecule has 6 heteroatoms. The first kappa shape index (κ1) is 14.9. The molecule has 0 spiro atoms. The van der Waals surface area contributed by atoms with Crippen LogP contribution in [-0.2, 0) is 6.54 Å². The first-order valence-corrected chi connectivity index (χ1v) is 9.13. The summed E-state index contributed by atoms with van der Waals surface area (Å²) in [5.41, 5.74) is 3.39. The lowest BCUT2D eigenvalue weighted by Gasteiger charge is -2.10. The van der Waals surface area contributed by atoms with Crippen molar-refractivity contribution in [2.45, 2.75) is 52.1 Å². The van der Waals surface area contributed by atoms with E-state index >= 15 is 0 Å². The summed E-state index contributed by atoms with van der Waals surface area (Å²) in [7, 11) is 0. The summed E-state index contributed by atoms with van der Waals surface area (Å²) in [6.45, 7) is 4.77. The van der Waals surface area contributed by atoms with Crippen LogP contribution in [0.1, 0.15) is 36.9 Å². The number of nitrogens with one attached hydrogen (secondary N) is 1. The molecule has 23 heavy (non-hydrogen) atoms. The van der Waals surface area contributed by atoms with Crippen LogP contribution in [0.2, 0.25) is 0 Å². The number of aryl methyl sites for hydroxylation is 2. The first-order valence-electron chi connectivity index (χ1n) is 8.32. The number of hydrogen-bond donors (Lipinski definition) is 2. The second-order valence-electron chi connectivity index (χ2n) is 6.46. The molecular weight excluding hydrogens is 308 g/mol. The highest BCUT2D eigenvalue weighted by Crippen LogP contribution is 2.39. The lowest BCUT2D eigenvalue weighted by molar-refractivity contribution is 0.272. The molecule has 1 aliphatic rings. The summed E-state index contributed by atoms with van der Waals surface area (Å²) < 4.78 is 3.11. The van der Waals surface area contributed by atoms with E-state index in [-0.39, 0.29) is 6.61 Å². The van der Waals surface area contributed by atoms with E-state index in [1.807, 2.05) is 11.6 Å². The molecule has 3 aromatic rings. The number of hydrogen-bond acceptors (Lipinski definition) is 5. The molecule has 0 radical (unpaired) electrons. The number of anilines is 1. The Kier molecular flexibility index (Phi) is 3.73. The molecule has 1 aliphatic carbocycles. The van der Waals surface area contributed by atoms with Crippen molar-refractivity contribution in [2.75, 3.05) is 11.9 Å². The lowest BCUT2D eigenvalue weighted by Crippen LogP contribution is -2.15. The van der Waals surface area contributed by atoms with Crippen LogP contribution in [0, 0.1) is 13.8 Å². The van der Waals surface area contributed by atoms with Crippen LogP contribution < -0.4 is 5.32 Å². The van der Waals surface area contributed by atoms with Gasteiger partial charge in [-0.15, -0.1) is 11.3 Å². The molecule has 0 aromatic carbocycles. The average molecular weight is 330 g/mol. The molecule has 122 valence electrons. The highest BCUT2D eigenvalue weighted by Gasteiger charge is 2.22. The van der Waals surface area contributed by atoms with Crippen molar-refractivity contribution >= 4 is 37.6 Å². The van der Waals surface area contributed by atoms with Crippen LogP contribution in [0.5, 0.6) is 0 Å². The second-order valence-corrected chi connectivity index (χ2v) is 7.46. The third-order valence-corrected chi connectivity index (χ3v) is 5.74. The number of rotatable bonds is 4. The Balaban J connectivity index is 1.91. The van der Waals surface area contributed by atoms with Gasteiger partial charge in [0, 0.05) is 17.1 Å². The number of nitrogens with zero attached hydrogens (tertiary/aromatic N) is 3. The van der Waals surface area contributed by atoms with Gasteiger partial charge >= 0.3 is 0 Å². The molecule has 1 fully saturated rings. The van der Waals surface area contributed by atoms with E-state index in [0.717, 1.165) is 21.9 Å². The van der Waals surface area contributed by atoms with Crippen molar-refractivity contribution < 1.29 is 5.11 Å². The second kappa shape index (κ2) is 5.76. The maximum atomic E-state index is 9.40. The summed E-state index contributed by atoms with van der Waals surface area (Å²) in [5.74, 6) is 0.959. The molecule has 0 atom stereocenters. The van der Waals surface area contributed by atoms with Crippen molar-refractivity contribution in [3.8, 4) is 0 Å². The molecule has 3 heterocycles. The minimum absolute atomic E-state index is 0.0926. The zero-order chi connectivity index (χ0) is 16.0. The quantitative estimate of drug-likeness (QED) is 0.767. The van der Waals surface area contributed by atoms with E-state index in [1.54, 1.807) is 11.3 Å². The van der Waals surface area contributed by atoms with Crippen molar-refractivity contribution in [1.29, 1.82) is 0 Å². The summed E-state index contributed by atoms with van der Waals surface area (Å²) >= 11 is 1.71. The third kappa shape index (κ3) is 2.50. The molecule has 0 bridgehead atoms. The number of aliphatic hydroxyl groups excluding tert-OH is 1. The van der Waals surface area contributed by atoms with Crippen molar-refractivity contribution in [3.63, 3.8) is 0 Å². The van der Waals surface area contributed by atoms with E-state index in [9.17, 15) is 5.11 Å². The van der Waals surface area contributed by atoms with Crippen LogP contribution in [0.15, 0.2) is 6.07 Å². The zero-order valence-corrected chi connectivity index (χ0v) is 14.4. The van der Waals surface area contributed by atoms with Gasteiger partial charge in [0.05, 0.1) is 23.4 Å². The molecule has 0 aliphatic heterocycles. The van der Waals surface area contributed by atoms with Crippen LogP contribution in [0.4, 0.5) is 5.82 Å². The average Bonchev–Trinajstić information content (AvgIpc) is 3.18. The van der Waals surface area contributed by atoms with Gasteiger partial charge in [-0.1, -0.05) is 12.8 Å². The first-order chi connectivity index (χ1) is 11.2. The highest BCUT2D eigenvalue weighted by atomic mass is 32.1. The minimum atomic E-state index is 0.0926. The van der Waals surface area contributed by atoms with Crippen LogP contribution in [-0.4, -0.2) is 32.5 Å². The van der Waals surface area contributed by atoms with E-state index in [2.05, 4.69) is 18.3 Å². The van der Waals surface area contributed by atoms with Gasteiger partial charge in [-0.05, 0) is 38.3 Å². The topological polar surface area (TPSA) is 63.0 Å². The van der Waals surface area contributed by atoms with Gasteiger partial charge in [-0.25, -0.2) is 4.98 Å². The SMILES string of the molecule is Cc1cc(C)c2c(n1)sc1c(NC3CCCC3)nn(CCO)c12. The molecule has 0 saturated heterocycles. The Hall–Kier alpha value is -1.66. The Labute approximate surface area is 139 Å². The molecular formula is C17H22N4OS. The molecule has 5 nitrogen and oxygen atoms in total. The van der Waals surface area contributed by atoms with Crippen LogP contribution in [0.3, 0.4) is 0 Å². The summed E-state index contributed by atoms with van der Waals surface area (Å²) in [6.07, 6.45) is 5.03. The van der Waals surface area contributed by atoms with E-state index in [0.29, 0.717) is 12.6 Å². The predicted molar refractivity (Wildman–Crippen MR) is 95.3 cm³/mol. The van der Waals surface area contributed by atoms with Crippen molar-refractivity contribution in [1.82, 2.24) is 14.8 Å². The molecule has 2 N–H and O–H groups in total. The van der Waals surface area contributed by atoms with E-state index in [1.165, 1.54) is 41.3 Å². The smallest absolute Gasteiger partial charge is 0.166 e. The fourth-order valence-electron chi connectivity index (χ4n) is 3.66. The summed E-state index contributed by atoms with van der Waals surface area (Å²) in [4.78, 5) is 5.77. The fourth-order valence-corrected chi connectivity index (χ4v) is 4.90. The Morgan fingerprint density at radius 1 is 1.35 bits per heavy atom. The van der Waals surface area contributed by atoms with Gasteiger partial charge < -0.3 is 10.4 Å². The molecule has 0 unspecified atom stereocenters. The molecule has 4 rings (SSSR count). The van der Waals surface area contributed by atoms with Gasteiger partial charge in [-0.2, -0.15) is 5.10 Å². The minimum Gasteiger partial charge on any atom is -0.394 e. The van der Waals surface area contributed by atoms with Gasteiger partial charge in [0.25, 0.3) is 0 Å². The number of aliphatic hydroxyl groups is 1. The number of thiophene rings is 1. The van der Waals surface area contributed by atoms with Crippen molar-refractivity contribution in [2.24, 2.45) is 0 Å².